The molecule has 0 bridgehead atoms. The molecule has 33 heavy (non-hydrogen) atoms. The number of nitrogens with one attached hydrogen (secondary N) is 2. The number of ether oxygens (including phenoxy) is 2. The van der Waals surface area contributed by atoms with Crippen molar-refractivity contribution >= 4 is 29.1 Å². The molecule has 1 saturated carbocycles. The normalized spacial score (nSPS) is 16.5. The first-order valence-electron chi connectivity index (χ1n) is 11.7. The van der Waals surface area contributed by atoms with E-state index in [0.717, 1.165) is 60.6 Å². The van der Waals surface area contributed by atoms with Crippen molar-refractivity contribution in [3.8, 4) is 5.75 Å². The van der Waals surface area contributed by atoms with Crippen molar-refractivity contribution in [3.05, 3.63) is 60.2 Å². The first-order valence-corrected chi connectivity index (χ1v) is 11.7. The van der Waals surface area contributed by atoms with Crippen molar-refractivity contribution in [1.29, 1.82) is 5.41 Å². The Labute approximate surface area is 196 Å². The SMILES string of the molecule is CC(C)(C=O)OCC(=N)/C=C(\Nc1ccccc1N1CCC1)c1cccc(OC2CCC2)c1. The predicted molar refractivity (Wildman–Crippen MR) is 133 cm³/mol. The van der Waals surface area contributed by atoms with Gasteiger partial charge in [0.25, 0.3) is 0 Å². The third-order valence-corrected chi connectivity index (χ3v) is 6.07. The van der Waals surface area contributed by atoms with Gasteiger partial charge in [0.2, 0.25) is 0 Å². The maximum absolute atomic E-state index is 11.2. The maximum atomic E-state index is 11.2. The lowest BCUT2D eigenvalue weighted by atomic mass is 9.96. The first kappa shape index (κ1) is 23.1. The number of benzene rings is 2. The molecule has 2 fully saturated rings. The lowest BCUT2D eigenvalue weighted by Gasteiger charge is -2.35. The van der Waals surface area contributed by atoms with Gasteiger partial charge < -0.3 is 29.9 Å². The smallest absolute Gasteiger partial charge is 0.151 e. The standard InChI is InChI=1S/C27H33N3O3/c1-27(2,19-31)32-18-21(28)17-25(20-8-5-11-23(16-20)33-22-9-6-10-22)29-24-12-3-4-13-26(24)30-14-7-15-30/h3-5,8,11-13,16-17,19,22,28-29H,6-7,9-10,14-15,18H2,1-2H3/b25-17-,28-21?. The number of para-hydroxylation sites is 2. The van der Waals surface area contributed by atoms with Gasteiger partial charge in [-0.25, -0.2) is 0 Å². The quantitative estimate of drug-likeness (QED) is 0.361. The molecule has 6 nitrogen and oxygen atoms in total. The predicted octanol–water partition coefficient (Wildman–Crippen LogP) is 5.29. The fourth-order valence-electron chi connectivity index (χ4n) is 3.68. The Bertz CT molecular complexity index is 1020. The fourth-order valence-corrected chi connectivity index (χ4v) is 3.68. The second kappa shape index (κ2) is 10.2. The van der Waals surface area contributed by atoms with E-state index in [9.17, 15) is 4.79 Å². The van der Waals surface area contributed by atoms with Gasteiger partial charge in [-0.1, -0.05) is 24.3 Å². The zero-order valence-corrected chi connectivity index (χ0v) is 19.5. The molecule has 1 heterocycles. The van der Waals surface area contributed by atoms with E-state index >= 15 is 0 Å². The second-order valence-corrected chi connectivity index (χ2v) is 9.27. The molecule has 2 aromatic carbocycles. The summed E-state index contributed by atoms with van der Waals surface area (Å²) in [5.41, 5.74) is 3.23. The van der Waals surface area contributed by atoms with Crippen LogP contribution < -0.4 is 15.0 Å². The maximum Gasteiger partial charge on any atom is 0.151 e. The van der Waals surface area contributed by atoms with E-state index in [0.29, 0.717) is 6.10 Å². The average molecular weight is 448 g/mol. The topological polar surface area (TPSA) is 74.7 Å². The molecule has 4 rings (SSSR count). The van der Waals surface area contributed by atoms with Crippen molar-refractivity contribution in [1.82, 2.24) is 0 Å². The van der Waals surface area contributed by atoms with Gasteiger partial charge in [-0.15, -0.1) is 0 Å². The first-order chi connectivity index (χ1) is 15.9. The summed E-state index contributed by atoms with van der Waals surface area (Å²) >= 11 is 0. The second-order valence-electron chi connectivity index (χ2n) is 9.27. The van der Waals surface area contributed by atoms with Crippen molar-refractivity contribution in [3.63, 3.8) is 0 Å². The number of rotatable bonds is 11. The van der Waals surface area contributed by atoms with Crippen LogP contribution in [0.2, 0.25) is 0 Å². The molecular weight excluding hydrogens is 414 g/mol. The van der Waals surface area contributed by atoms with Crippen molar-refractivity contribution in [2.24, 2.45) is 0 Å². The van der Waals surface area contributed by atoms with E-state index in [2.05, 4.69) is 22.3 Å². The van der Waals surface area contributed by atoms with Gasteiger partial charge in [0.1, 0.15) is 11.4 Å². The highest BCUT2D eigenvalue weighted by Gasteiger charge is 2.21. The monoisotopic (exact) mass is 447 g/mol. The van der Waals surface area contributed by atoms with Crippen LogP contribution in [0.5, 0.6) is 5.75 Å². The van der Waals surface area contributed by atoms with E-state index in [-0.39, 0.29) is 12.3 Å². The van der Waals surface area contributed by atoms with Crippen LogP contribution in [-0.4, -0.2) is 43.4 Å². The Morgan fingerprint density at radius 2 is 1.94 bits per heavy atom. The molecule has 0 atom stereocenters. The molecule has 1 aliphatic carbocycles. The number of nitrogens with zero attached hydrogens (tertiary/aromatic N) is 1. The summed E-state index contributed by atoms with van der Waals surface area (Å²) in [7, 11) is 0. The Kier molecular flexibility index (Phi) is 7.14. The summed E-state index contributed by atoms with van der Waals surface area (Å²) in [6.07, 6.45) is 7.45. The summed E-state index contributed by atoms with van der Waals surface area (Å²) in [6, 6.07) is 16.2. The van der Waals surface area contributed by atoms with Gasteiger partial charge >= 0.3 is 0 Å². The number of hydrogen-bond acceptors (Lipinski definition) is 6. The molecule has 2 N–H and O–H groups in total. The van der Waals surface area contributed by atoms with Crippen LogP contribution in [-0.2, 0) is 9.53 Å². The van der Waals surface area contributed by atoms with E-state index in [4.69, 9.17) is 14.9 Å². The van der Waals surface area contributed by atoms with E-state index in [1.807, 2.05) is 36.4 Å². The molecule has 174 valence electrons. The lowest BCUT2D eigenvalue weighted by Crippen LogP contribution is -2.37. The molecule has 2 aliphatic rings. The molecule has 0 radical (unpaired) electrons. The third kappa shape index (κ3) is 6.02. The molecule has 0 unspecified atom stereocenters. The number of carbonyl (C=O) groups is 1. The van der Waals surface area contributed by atoms with Crippen LogP contribution >= 0.6 is 0 Å². The van der Waals surface area contributed by atoms with Crippen LogP contribution in [0, 0.1) is 5.41 Å². The summed E-state index contributed by atoms with van der Waals surface area (Å²) in [5, 5.41) is 12.0. The van der Waals surface area contributed by atoms with Gasteiger partial charge in [0.05, 0.1) is 29.8 Å². The summed E-state index contributed by atoms with van der Waals surface area (Å²) in [6.45, 7) is 5.53. The van der Waals surface area contributed by atoms with Gasteiger partial charge in [-0.05, 0) is 69.9 Å². The number of aldehydes is 1. The molecule has 0 amide bonds. The van der Waals surface area contributed by atoms with Gasteiger partial charge in [-0.2, -0.15) is 0 Å². The minimum atomic E-state index is -0.922. The van der Waals surface area contributed by atoms with Crippen LogP contribution in [0.4, 0.5) is 11.4 Å². The van der Waals surface area contributed by atoms with Gasteiger partial charge in [0.15, 0.2) is 6.29 Å². The molecule has 1 saturated heterocycles. The van der Waals surface area contributed by atoms with Crippen LogP contribution in [0.25, 0.3) is 5.70 Å². The largest absolute Gasteiger partial charge is 0.490 e. The van der Waals surface area contributed by atoms with Crippen molar-refractivity contribution in [2.75, 3.05) is 29.9 Å². The molecule has 1 aliphatic heterocycles. The Morgan fingerprint density at radius 3 is 2.61 bits per heavy atom. The summed E-state index contributed by atoms with van der Waals surface area (Å²) in [5.74, 6) is 0.839. The summed E-state index contributed by atoms with van der Waals surface area (Å²) in [4.78, 5) is 13.5. The highest BCUT2D eigenvalue weighted by molar-refractivity contribution is 6.02. The van der Waals surface area contributed by atoms with Gasteiger partial charge in [0, 0.05) is 24.4 Å². The van der Waals surface area contributed by atoms with Crippen LogP contribution in [0.1, 0.15) is 45.1 Å². The Balaban J connectivity index is 1.60. The van der Waals surface area contributed by atoms with Gasteiger partial charge in [-0.3, -0.25) is 0 Å². The minimum Gasteiger partial charge on any atom is -0.490 e. The Hall–Kier alpha value is -3.12. The van der Waals surface area contributed by atoms with E-state index in [1.165, 1.54) is 12.8 Å². The van der Waals surface area contributed by atoms with E-state index in [1.54, 1.807) is 19.9 Å². The number of carbonyl (C=O) groups excluding carboxylic acids is 1. The fraction of sp³-hybridized carbons (Fsp3) is 0.407. The minimum absolute atomic E-state index is 0.0446. The molecule has 6 heteroatoms. The number of hydrogen-bond donors (Lipinski definition) is 2. The van der Waals surface area contributed by atoms with E-state index < -0.39 is 5.60 Å². The number of anilines is 2. The molecule has 0 spiro atoms. The molecule has 2 aromatic rings. The average Bonchev–Trinajstić information content (AvgIpc) is 2.75. The lowest BCUT2D eigenvalue weighted by molar-refractivity contribution is -0.125. The zero-order chi connectivity index (χ0) is 23.3. The highest BCUT2D eigenvalue weighted by Crippen LogP contribution is 2.33. The van der Waals surface area contributed by atoms with Crippen molar-refractivity contribution in [2.45, 2.75) is 51.2 Å². The molecular formula is C27H33N3O3. The van der Waals surface area contributed by atoms with Crippen molar-refractivity contribution < 1.29 is 14.3 Å². The van der Waals surface area contributed by atoms with Crippen LogP contribution in [0.3, 0.4) is 0 Å². The zero-order valence-electron chi connectivity index (χ0n) is 19.5. The highest BCUT2D eigenvalue weighted by atomic mass is 16.5. The molecule has 0 aromatic heterocycles. The Morgan fingerprint density at radius 1 is 1.15 bits per heavy atom. The summed E-state index contributed by atoms with van der Waals surface area (Å²) < 4.78 is 11.7. The third-order valence-electron chi connectivity index (χ3n) is 6.07. The van der Waals surface area contributed by atoms with Crippen LogP contribution in [0.15, 0.2) is 54.6 Å².